The molecule has 3 rings (SSSR count). The summed E-state index contributed by atoms with van der Waals surface area (Å²) in [6.45, 7) is 3.49. The first-order valence-corrected chi connectivity index (χ1v) is 9.06. The van der Waals surface area contributed by atoms with Crippen LogP contribution < -0.4 is 5.32 Å². The summed E-state index contributed by atoms with van der Waals surface area (Å²) in [7, 11) is 0. The van der Waals surface area contributed by atoms with Gasteiger partial charge in [0.15, 0.2) is 5.13 Å². The van der Waals surface area contributed by atoms with Crippen molar-refractivity contribution in [1.82, 2.24) is 9.88 Å². The minimum absolute atomic E-state index is 0.105. The molecule has 6 heteroatoms. The van der Waals surface area contributed by atoms with E-state index in [1.54, 1.807) is 0 Å². The molecule has 0 radical (unpaired) electrons. The van der Waals surface area contributed by atoms with Crippen LogP contribution in [0.15, 0.2) is 0 Å². The van der Waals surface area contributed by atoms with E-state index in [9.17, 15) is 9.59 Å². The zero-order valence-electron chi connectivity index (χ0n) is 13.1. The van der Waals surface area contributed by atoms with Crippen LogP contribution in [0, 0.1) is 5.92 Å². The molecule has 0 unspecified atom stereocenters. The van der Waals surface area contributed by atoms with Gasteiger partial charge in [-0.2, -0.15) is 0 Å². The highest BCUT2D eigenvalue weighted by Gasteiger charge is 2.28. The number of thiazole rings is 1. The van der Waals surface area contributed by atoms with Crippen LogP contribution in [0.25, 0.3) is 0 Å². The number of hydrogen-bond donors (Lipinski definition) is 1. The van der Waals surface area contributed by atoms with Gasteiger partial charge in [0, 0.05) is 30.2 Å². The van der Waals surface area contributed by atoms with E-state index in [1.807, 2.05) is 4.90 Å². The van der Waals surface area contributed by atoms with E-state index < -0.39 is 0 Å². The minimum atomic E-state index is 0.105. The fourth-order valence-electron chi connectivity index (χ4n) is 2.83. The zero-order valence-corrected chi connectivity index (χ0v) is 13.9. The number of amides is 2. The highest BCUT2D eigenvalue weighted by Crippen LogP contribution is 2.31. The maximum atomic E-state index is 12.1. The standard InChI is InChI=1S/C16H23N3O2S/c1-2-3-7-14(20)19-9-8-12-13(10-19)22-16(17-12)18-15(21)11-5-4-6-11/h11H,2-10H2,1H3,(H,17,18,21). The van der Waals surface area contributed by atoms with Gasteiger partial charge in [-0.25, -0.2) is 4.98 Å². The molecule has 0 saturated heterocycles. The Hall–Kier alpha value is -1.43. The van der Waals surface area contributed by atoms with Crippen molar-refractivity contribution < 1.29 is 9.59 Å². The van der Waals surface area contributed by atoms with Crippen molar-refractivity contribution in [1.29, 1.82) is 0 Å². The summed E-state index contributed by atoms with van der Waals surface area (Å²) in [5.74, 6) is 0.516. The summed E-state index contributed by atoms with van der Waals surface area (Å²) >= 11 is 1.52. The second-order valence-corrected chi connectivity index (χ2v) is 7.26. The number of unbranched alkanes of at least 4 members (excludes halogenated alkanes) is 1. The summed E-state index contributed by atoms with van der Waals surface area (Å²) in [5, 5.41) is 3.64. The van der Waals surface area contributed by atoms with Gasteiger partial charge in [-0.1, -0.05) is 31.1 Å². The molecule has 1 aliphatic carbocycles. The van der Waals surface area contributed by atoms with E-state index in [-0.39, 0.29) is 17.7 Å². The first-order valence-electron chi connectivity index (χ1n) is 8.24. The Morgan fingerprint density at radius 1 is 1.41 bits per heavy atom. The van der Waals surface area contributed by atoms with Crippen LogP contribution in [-0.4, -0.2) is 28.2 Å². The third-order valence-electron chi connectivity index (χ3n) is 4.53. The number of hydrogen-bond acceptors (Lipinski definition) is 4. The lowest BCUT2D eigenvalue weighted by molar-refractivity contribution is -0.132. The van der Waals surface area contributed by atoms with Gasteiger partial charge in [-0.05, 0) is 19.3 Å². The topological polar surface area (TPSA) is 62.3 Å². The Balaban J connectivity index is 1.60. The molecule has 120 valence electrons. The van der Waals surface area contributed by atoms with Crippen LogP contribution >= 0.6 is 11.3 Å². The fraction of sp³-hybridized carbons (Fsp3) is 0.688. The first-order chi connectivity index (χ1) is 10.7. The monoisotopic (exact) mass is 321 g/mol. The molecule has 1 aromatic rings. The predicted octanol–water partition coefficient (Wildman–Crippen LogP) is 2.96. The molecule has 5 nitrogen and oxygen atoms in total. The van der Waals surface area contributed by atoms with Crippen molar-refractivity contribution in [3.8, 4) is 0 Å². The summed E-state index contributed by atoms with van der Waals surface area (Å²) in [4.78, 5) is 31.7. The normalized spacial score (nSPS) is 17.8. The van der Waals surface area contributed by atoms with E-state index in [4.69, 9.17) is 0 Å². The van der Waals surface area contributed by atoms with Crippen molar-refractivity contribution >= 4 is 28.3 Å². The third kappa shape index (κ3) is 3.32. The Morgan fingerprint density at radius 3 is 2.91 bits per heavy atom. The SMILES string of the molecule is CCCCC(=O)N1CCc2nc(NC(=O)C3CCC3)sc2C1. The second kappa shape index (κ2) is 6.77. The van der Waals surface area contributed by atoms with Gasteiger partial charge in [0.2, 0.25) is 11.8 Å². The minimum Gasteiger partial charge on any atom is -0.337 e. The fourth-order valence-corrected chi connectivity index (χ4v) is 3.85. The third-order valence-corrected chi connectivity index (χ3v) is 5.53. The van der Waals surface area contributed by atoms with Gasteiger partial charge < -0.3 is 10.2 Å². The number of carbonyl (C=O) groups excluding carboxylic acids is 2. The highest BCUT2D eigenvalue weighted by atomic mass is 32.1. The summed E-state index contributed by atoms with van der Waals surface area (Å²) in [6, 6.07) is 0. The average molecular weight is 321 g/mol. The number of rotatable bonds is 5. The van der Waals surface area contributed by atoms with Crippen LogP contribution in [0.2, 0.25) is 0 Å². The molecule has 0 bridgehead atoms. The average Bonchev–Trinajstić information content (AvgIpc) is 2.83. The molecule has 0 spiro atoms. The summed E-state index contributed by atoms with van der Waals surface area (Å²) in [6.07, 6.45) is 6.57. The van der Waals surface area contributed by atoms with Gasteiger partial charge >= 0.3 is 0 Å². The maximum Gasteiger partial charge on any atom is 0.229 e. The van der Waals surface area contributed by atoms with Crippen LogP contribution in [0.3, 0.4) is 0 Å². The zero-order chi connectivity index (χ0) is 15.5. The molecule has 22 heavy (non-hydrogen) atoms. The van der Waals surface area contributed by atoms with Crippen LogP contribution in [-0.2, 0) is 22.6 Å². The second-order valence-electron chi connectivity index (χ2n) is 6.17. The molecule has 1 fully saturated rings. The number of nitrogens with one attached hydrogen (secondary N) is 1. The van der Waals surface area contributed by atoms with Crippen molar-refractivity contribution in [2.45, 2.75) is 58.4 Å². The lowest BCUT2D eigenvalue weighted by Crippen LogP contribution is -2.35. The van der Waals surface area contributed by atoms with Gasteiger partial charge in [0.05, 0.1) is 12.2 Å². The molecule has 2 aliphatic rings. The number of carbonyl (C=O) groups is 2. The Kier molecular flexibility index (Phi) is 4.76. The van der Waals surface area contributed by atoms with Gasteiger partial charge in [-0.3, -0.25) is 9.59 Å². The van der Waals surface area contributed by atoms with Gasteiger partial charge in [0.25, 0.3) is 0 Å². The molecule has 1 aromatic heterocycles. The van der Waals surface area contributed by atoms with E-state index in [0.29, 0.717) is 18.1 Å². The smallest absolute Gasteiger partial charge is 0.229 e. The molecule has 0 atom stereocenters. The molecule has 2 amide bonds. The molecule has 1 N–H and O–H groups in total. The number of aromatic nitrogens is 1. The van der Waals surface area contributed by atoms with Crippen molar-refractivity contribution in [2.75, 3.05) is 11.9 Å². The van der Waals surface area contributed by atoms with E-state index in [2.05, 4.69) is 17.2 Å². The molecular formula is C16H23N3O2S. The summed E-state index contributed by atoms with van der Waals surface area (Å²) < 4.78 is 0. The highest BCUT2D eigenvalue weighted by molar-refractivity contribution is 7.15. The number of fused-ring (bicyclic) bond motifs is 1. The molecule has 2 heterocycles. The molecule has 0 aromatic carbocycles. The number of anilines is 1. The van der Waals surface area contributed by atoms with Gasteiger partial charge in [-0.15, -0.1) is 0 Å². The molecule has 1 saturated carbocycles. The van der Waals surface area contributed by atoms with Crippen molar-refractivity contribution in [2.24, 2.45) is 5.92 Å². The van der Waals surface area contributed by atoms with Crippen LogP contribution in [0.1, 0.15) is 56.0 Å². The quantitative estimate of drug-likeness (QED) is 0.907. The van der Waals surface area contributed by atoms with Crippen molar-refractivity contribution in [3.63, 3.8) is 0 Å². The largest absolute Gasteiger partial charge is 0.337 e. The van der Waals surface area contributed by atoms with E-state index >= 15 is 0 Å². The molecular weight excluding hydrogens is 298 g/mol. The van der Waals surface area contributed by atoms with Gasteiger partial charge in [0.1, 0.15) is 0 Å². The van der Waals surface area contributed by atoms with Crippen LogP contribution in [0.5, 0.6) is 0 Å². The lowest BCUT2D eigenvalue weighted by Gasteiger charge is -2.26. The first kappa shape index (κ1) is 15.5. The summed E-state index contributed by atoms with van der Waals surface area (Å²) in [5.41, 5.74) is 1.05. The molecule has 1 aliphatic heterocycles. The van der Waals surface area contributed by atoms with E-state index in [1.165, 1.54) is 11.3 Å². The number of nitrogens with zero attached hydrogens (tertiary/aromatic N) is 2. The Morgan fingerprint density at radius 2 is 2.23 bits per heavy atom. The Bertz CT molecular complexity index is 566. The van der Waals surface area contributed by atoms with Crippen molar-refractivity contribution in [3.05, 3.63) is 10.6 Å². The predicted molar refractivity (Wildman–Crippen MR) is 86.7 cm³/mol. The maximum absolute atomic E-state index is 12.1. The van der Waals surface area contributed by atoms with Crippen LogP contribution in [0.4, 0.5) is 5.13 Å². The Labute approximate surface area is 135 Å². The lowest BCUT2D eigenvalue weighted by atomic mass is 9.85. The van der Waals surface area contributed by atoms with E-state index in [0.717, 1.165) is 55.6 Å².